The number of rotatable bonds is 5. The van der Waals surface area contributed by atoms with E-state index in [0.717, 1.165) is 25.7 Å². The molecule has 7 nitrogen and oxygen atoms in total. The van der Waals surface area contributed by atoms with Gasteiger partial charge in [-0.1, -0.05) is 42.1 Å². The van der Waals surface area contributed by atoms with Crippen LogP contribution in [-0.2, 0) is 9.59 Å². The maximum absolute atomic E-state index is 13.3. The van der Waals surface area contributed by atoms with Crippen LogP contribution < -0.4 is 9.47 Å². The van der Waals surface area contributed by atoms with E-state index in [9.17, 15) is 19.8 Å². The summed E-state index contributed by atoms with van der Waals surface area (Å²) in [5.41, 5.74) is 0.583. The van der Waals surface area contributed by atoms with Crippen molar-refractivity contribution in [1.29, 1.82) is 0 Å². The first kappa shape index (κ1) is 23.3. The topological polar surface area (TPSA) is 96.3 Å². The van der Waals surface area contributed by atoms with E-state index >= 15 is 0 Å². The van der Waals surface area contributed by atoms with Gasteiger partial charge in [0.1, 0.15) is 23.0 Å². The van der Waals surface area contributed by atoms with Crippen LogP contribution in [0.15, 0.2) is 35.9 Å². The number of carbonyl (C=O) groups is 2. The van der Waals surface area contributed by atoms with Crippen LogP contribution in [0.3, 0.4) is 0 Å². The molecule has 1 saturated carbocycles. The molecule has 2 fully saturated rings. The fourth-order valence-corrected chi connectivity index (χ4v) is 5.04. The minimum absolute atomic E-state index is 0.0789. The van der Waals surface area contributed by atoms with E-state index in [0.29, 0.717) is 5.56 Å². The largest absolute Gasteiger partial charge is 0.507 e. The van der Waals surface area contributed by atoms with Crippen LogP contribution in [0.25, 0.3) is 5.76 Å². The quantitative estimate of drug-likeness (QED) is 0.343. The molecular formula is C24H23Cl2NO6. The smallest absolute Gasteiger partial charge is 0.295 e. The number of halogens is 2. The predicted octanol–water partition coefficient (Wildman–Crippen LogP) is 5.08. The molecule has 1 unspecified atom stereocenters. The molecule has 0 radical (unpaired) electrons. The lowest BCUT2D eigenvalue weighted by Crippen LogP contribution is -2.37. The van der Waals surface area contributed by atoms with Crippen LogP contribution in [0, 0.1) is 0 Å². The monoisotopic (exact) mass is 491 g/mol. The summed E-state index contributed by atoms with van der Waals surface area (Å²) >= 11 is 12.3. The van der Waals surface area contributed by atoms with Crippen LogP contribution >= 0.6 is 23.2 Å². The first-order chi connectivity index (χ1) is 15.8. The zero-order chi connectivity index (χ0) is 23.9. The molecule has 2 aromatic rings. The van der Waals surface area contributed by atoms with Gasteiger partial charge in [-0.15, -0.1) is 0 Å². The fraction of sp³-hybridized carbons (Fsp3) is 0.333. The molecule has 0 spiro atoms. The van der Waals surface area contributed by atoms with Crippen molar-refractivity contribution in [3.63, 3.8) is 0 Å². The van der Waals surface area contributed by atoms with Gasteiger partial charge < -0.3 is 24.6 Å². The van der Waals surface area contributed by atoms with Crippen LogP contribution in [0.5, 0.6) is 17.2 Å². The van der Waals surface area contributed by atoms with Crippen LogP contribution in [0.4, 0.5) is 0 Å². The number of amides is 1. The maximum Gasteiger partial charge on any atom is 0.295 e. The Morgan fingerprint density at radius 3 is 2.27 bits per heavy atom. The van der Waals surface area contributed by atoms with Crippen LogP contribution in [0.1, 0.15) is 42.9 Å². The van der Waals surface area contributed by atoms with Gasteiger partial charge in [-0.3, -0.25) is 9.59 Å². The summed E-state index contributed by atoms with van der Waals surface area (Å²) in [4.78, 5) is 28.0. The minimum atomic E-state index is -0.877. The summed E-state index contributed by atoms with van der Waals surface area (Å²) in [5, 5.41) is 21.6. The van der Waals surface area contributed by atoms with E-state index in [2.05, 4.69) is 0 Å². The number of aliphatic hydroxyl groups is 1. The molecule has 2 aliphatic rings. The predicted molar refractivity (Wildman–Crippen MR) is 124 cm³/mol. The molecule has 33 heavy (non-hydrogen) atoms. The van der Waals surface area contributed by atoms with Crippen LogP contribution in [0.2, 0.25) is 10.0 Å². The number of ether oxygens (including phenoxy) is 2. The second-order valence-electron chi connectivity index (χ2n) is 8.04. The van der Waals surface area contributed by atoms with Crippen molar-refractivity contribution in [1.82, 2.24) is 4.90 Å². The average molecular weight is 492 g/mol. The number of hydrogen-bond donors (Lipinski definition) is 2. The molecule has 1 aliphatic carbocycles. The Bertz CT molecular complexity index is 1160. The number of carbonyl (C=O) groups excluding carboxylic acids is 2. The SMILES string of the molecule is COc1cc(/C(O)=C2\C(=O)C(=O)N(C3CCCC3)C2c2ccc(O)c(Cl)c2)c(OC)cc1Cl. The highest BCUT2D eigenvalue weighted by molar-refractivity contribution is 6.46. The third-order valence-electron chi connectivity index (χ3n) is 6.21. The first-order valence-corrected chi connectivity index (χ1v) is 11.2. The summed E-state index contributed by atoms with van der Waals surface area (Å²) in [6, 6.07) is 6.39. The van der Waals surface area contributed by atoms with Gasteiger partial charge in [-0.2, -0.15) is 0 Å². The Hall–Kier alpha value is -2.90. The lowest BCUT2D eigenvalue weighted by atomic mass is 9.94. The molecule has 1 amide bonds. The summed E-state index contributed by atoms with van der Waals surface area (Å²) in [6.07, 6.45) is 3.40. The number of aromatic hydroxyl groups is 1. The maximum atomic E-state index is 13.3. The van der Waals surface area contributed by atoms with Crippen molar-refractivity contribution in [3.05, 3.63) is 57.1 Å². The lowest BCUT2D eigenvalue weighted by molar-refractivity contribution is -0.141. The summed E-state index contributed by atoms with van der Waals surface area (Å²) < 4.78 is 10.6. The third kappa shape index (κ3) is 4.00. The molecule has 1 saturated heterocycles. The highest BCUT2D eigenvalue weighted by atomic mass is 35.5. The number of Topliss-reactive ketones (excluding diaryl/α,β-unsaturated/α-hetero) is 1. The van der Waals surface area contributed by atoms with Crippen molar-refractivity contribution in [2.75, 3.05) is 14.2 Å². The molecular weight excluding hydrogens is 469 g/mol. The zero-order valence-electron chi connectivity index (χ0n) is 18.1. The Kier molecular flexibility index (Phi) is 6.45. The molecule has 2 aromatic carbocycles. The molecule has 174 valence electrons. The molecule has 4 rings (SSSR count). The summed E-state index contributed by atoms with van der Waals surface area (Å²) in [7, 11) is 2.83. The summed E-state index contributed by atoms with van der Waals surface area (Å²) in [5.74, 6) is -1.53. The Labute approximate surface area is 201 Å². The van der Waals surface area contributed by atoms with Crippen LogP contribution in [-0.4, -0.2) is 47.1 Å². The molecule has 0 aromatic heterocycles. The highest BCUT2D eigenvalue weighted by Gasteiger charge is 2.49. The first-order valence-electron chi connectivity index (χ1n) is 10.5. The van der Waals surface area contributed by atoms with E-state index in [1.165, 1.54) is 43.4 Å². The molecule has 1 heterocycles. The Morgan fingerprint density at radius 2 is 1.67 bits per heavy atom. The normalized spacial score (nSPS) is 20.5. The second kappa shape index (κ2) is 9.15. The molecule has 0 bridgehead atoms. The molecule has 2 N–H and O–H groups in total. The van der Waals surface area contributed by atoms with Gasteiger partial charge in [0.2, 0.25) is 0 Å². The number of benzene rings is 2. The standard InChI is InChI=1S/C24H23Cl2NO6/c1-32-18-11-16(26)19(33-2)10-14(18)22(29)20-21(12-7-8-17(28)15(25)9-12)27(24(31)23(20)30)13-5-3-4-6-13/h7-11,13,21,28-29H,3-6H2,1-2H3/b22-20+. The minimum Gasteiger partial charge on any atom is -0.507 e. The Balaban J connectivity index is 1.96. The number of hydrogen-bond acceptors (Lipinski definition) is 6. The molecule has 1 atom stereocenters. The molecule has 9 heteroatoms. The van der Waals surface area contributed by atoms with Gasteiger partial charge >= 0.3 is 0 Å². The van der Waals surface area contributed by atoms with E-state index in [1.807, 2.05) is 0 Å². The number of nitrogens with zero attached hydrogens (tertiary/aromatic N) is 1. The van der Waals surface area contributed by atoms with Crippen molar-refractivity contribution in [3.8, 4) is 17.2 Å². The van der Waals surface area contributed by atoms with E-state index in [-0.39, 0.29) is 44.5 Å². The van der Waals surface area contributed by atoms with Gasteiger partial charge in [0.15, 0.2) is 0 Å². The van der Waals surface area contributed by atoms with Crippen molar-refractivity contribution in [2.45, 2.75) is 37.8 Å². The lowest BCUT2D eigenvalue weighted by Gasteiger charge is -2.31. The number of ketones is 1. The average Bonchev–Trinajstić information content (AvgIpc) is 3.42. The van der Waals surface area contributed by atoms with Crippen molar-refractivity contribution in [2.24, 2.45) is 0 Å². The Morgan fingerprint density at radius 1 is 1.00 bits per heavy atom. The number of phenols is 1. The van der Waals surface area contributed by atoms with Gasteiger partial charge in [0.05, 0.1) is 41.4 Å². The molecule has 1 aliphatic heterocycles. The van der Waals surface area contributed by atoms with Gasteiger partial charge in [-0.05, 0) is 36.6 Å². The number of aliphatic hydroxyl groups excluding tert-OH is 1. The van der Waals surface area contributed by atoms with Gasteiger partial charge in [-0.25, -0.2) is 0 Å². The van der Waals surface area contributed by atoms with Gasteiger partial charge in [0.25, 0.3) is 11.7 Å². The number of phenolic OH excluding ortho intramolecular Hbond substituents is 1. The van der Waals surface area contributed by atoms with Crippen molar-refractivity contribution >= 4 is 40.7 Å². The third-order valence-corrected chi connectivity index (χ3v) is 6.81. The fourth-order valence-electron chi connectivity index (χ4n) is 4.62. The van der Waals surface area contributed by atoms with E-state index in [4.69, 9.17) is 32.7 Å². The summed E-state index contributed by atoms with van der Waals surface area (Å²) in [6.45, 7) is 0. The second-order valence-corrected chi connectivity index (χ2v) is 8.86. The van der Waals surface area contributed by atoms with E-state index < -0.39 is 23.5 Å². The number of likely N-dealkylation sites (tertiary alicyclic amines) is 1. The van der Waals surface area contributed by atoms with Gasteiger partial charge in [0, 0.05) is 12.1 Å². The number of methoxy groups -OCH3 is 2. The zero-order valence-corrected chi connectivity index (χ0v) is 19.6. The van der Waals surface area contributed by atoms with Crippen molar-refractivity contribution < 1.29 is 29.3 Å². The van der Waals surface area contributed by atoms with E-state index in [1.54, 1.807) is 6.07 Å². The highest BCUT2D eigenvalue weighted by Crippen LogP contribution is 2.46.